The van der Waals surface area contributed by atoms with E-state index in [1.165, 1.54) is 81.1 Å². The molecule has 37 heavy (non-hydrogen) atoms. The van der Waals surface area contributed by atoms with E-state index in [1.807, 2.05) is 48.2 Å². The summed E-state index contributed by atoms with van der Waals surface area (Å²) in [5.74, 6) is 1.65. The predicted octanol–water partition coefficient (Wildman–Crippen LogP) is 9.39. The van der Waals surface area contributed by atoms with Crippen molar-refractivity contribution in [2.24, 2.45) is 0 Å². The maximum Gasteiger partial charge on any atom is 0.255 e. The van der Waals surface area contributed by atoms with Crippen molar-refractivity contribution in [3.05, 3.63) is 70.8 Å². The molecule has 202 valence electrons. The zero-order valence-corrected chi connectivity index (χ0v) is 23.8. The molecule has 0 aliphatic carbocycles. The number of ether oxygens (including phenoxy) is 1. The summed E-state index contributed by atoms with van der Waals surface area (Å²) in [6.45, 7) is 6.00. The molecule has 0 aromatic heterocycles. The van der Waals surface area contributed by atoms with Gasteiger partial charge in [0.1, 0.15) is 5.75 Å². The Morgan fingerprint density at radius 2 is 1.54 bits per heavy atom. The Bertz CT molecular complexity index is 958. The van der Waals surface area contributed by atoms with Crippen LogP contribution in [0.5, 0.6) is 5.75 Å². The average molecular weight is 523 g/mol. The van der Waals surface area contributed by atoms with Crippen LogP contribution in [0.25, 0.3) is 0 Å². The molecule has 1 heterocycles. The first-order valence-electron chi connectivity index (χ1n) is 14.3. The Morgan fingerprint density at radius 1 is 0.892 bits per heavy atom. The zero-order valence-electron chi connectivity index (χ0n) is 23.0. The molecule has 2 aromatic rings. The van der Waals surface area contributed by atoms with E-state index < -0.39 is 0 Å². The fourth-order valence-electron chi connectivity index (χ4n) is 4.60. The van der Waals surface area contributed by atoms with E-state index in [9.17, 15) is 4.79 Å². The van der Waals surface area contributed by atoms with Crippen molar-refractivity contribution in [1.29, 1.82) is 0 Å². The summed E-state index contributed by atoms with van der Waals surface area (Å²) in [6.07, 6.45) is 18.2. The molecular formula is C32H46N2O2S. The van der Waals surface area contributed by atoms with Crippen LogP contribution in [0, 0.1) is 0 Å². The van der Waals surface area contributed by atoms with Crippen LogP contribution in [0.2, 0.25) is 0 Å². The quantitative estimate of drug-likeness (QED) is 0.198. The van der Waals surface area contributed by atoms with Crippen LogP contribution in [0.4, 0.5) is 5.69 Å². The number of carbonyl (C=O) groups is 1. The van der Waals surface area contributed by atoms with Gasteiger partial charge in [-0.05, 0) is 54.1 Å². The van der Waals surface area contributed by atoms with Gasteiger partial charge in [-0.25, -0.2) is 0 Å². The van der Waals surface area contributed by atoms with Crippen LogP contribution in [0.3, 0.4) is 0 Å². The molecule has 0 radical (unpaired) electrons. The van der Waals surface area contributed by atoms with Crippen LogP contribution in [-0.2, 0) is 6.54 Å². The third kappa shape index (κ3) is 11.7. The molecule has 3 rings (SSSR count). The molecule has 0 spiro atoms. The lowest BCUT2D eigenvalue weighted by molar-refractivity contribution is 0.102. The molecule has 2 aromatic carbocycles. The molecule has 1 aliphatic heterocycles. The van der Waals surface area contributed by atoms with E-state index in [0.29, 0.717) is 12.2 Å². The van der Waals surface area contributed by atoms with E-state index in [2.05, 4.69) is 42.4 Å². The fourth-order valence-corrected chi connectivity index (χ4v) is 5.36. The summed E-state index contributed by atoms with van der Waals surface area (Å²) >= 11 is 1.87. The number of nitrogens with one attached hydrogen (secondary N) is 1. The predicted molar refractivity (Wildman–Crippen MR) is 159 cm³/mol. The second kappa shape index (κ2) is 17.2. The van der Waals surface area contributed by atoms with Crippen LogP contribution >= 0.6 is 11.8 Å². The molecule has 0 saturated heterocycles. The molecule has 0 saturated carbocycles. The maximum absolute atomic E-state index is 12.8. The molecule has 1 aliphatic rings. The second-order valence-corrected chi connectivity index (χ2v) is 11.4. The molecular weight excluding hydrogens is 476 g/mol. The van der Waals surface area contributed by atoms with Gasteiger partial charge >= 0.3 is 0 Å². The molecule has 0 atom stereocenters. The van der Waals surface area contributed by atoms with Crippen molar-refractivity contribution in [3.8, 4) is 5.75 Å². The number of nitrogens with zero attached hydrogens (tertiary/aromatic N) is 1. The van der Waals surface area contributed by atoms with Gasteiger partial charge < -0.3 is 15.0 Å². The largest absolute Gasteiger partial charge is 0.494 e. The Hall–Kier alpha value is -2.40. The van der Waals surface area contributed by atoms with Crippen molar-refractivity contribution < 1.29 is 9.53 Å². The lowest BCUT2D eigenvalue weighted by Crippen LogP contribution is -2.13. The van der Waals surface area contributed by atoms with Gasteiger partial charge in [-0.1, -0.05) is 95.8 Å². The van der Waals surface area contributed by atoms with Crippen molar-refractivity contribution in [2.75, 3.05) is 17.8 Å². The van der Waals surface area contributed by atoms with Gasteiger partial charge in [0, 0.05) is 24.0 Å². The van der Waals surface area contributed by atoms with Gasteiger partial charge in [0.25, 0.3) is 5.91 Å². The van der Waals surface area contributed by atoms with Gasteiger partial charge in [-0.15, -0.1) is 11.8 Å². The molecule has 0 unspecified atom stereocenters. The number of amides is 1. The molecule has 0 bridgehead atoms. The van der Waals surface area contributed by atoms with Crippen molar-refractivity contribution in [1.82, 2.24) is 4.90 Å². The summed E-state index contributed by atoms with van der Waals surface area (Å²) in [4.78, 5) is 16.4. The Labute approximate surface area is 229 Å². The van der Waals surface area contributed by atoms with Gasteiger partial charge in [0.15, 0.2) is 0 Å². The standard InChI is InChI=1S/C32H46N2O2S/c1-3-4-5-6-7-8-9-10-11-12-13-14-22-36-31-17-15-16-29(23-31)32(35)33-30-20-18-28(19-21-30)25-34-24-27(2)37-26-34/h15-21,23-24H,3-14,22,25-26H2,1-2H3,(H,33,35). The summed E-state index contributed by atoms with van der Waals surface area (Å²) in [6, 6.07) is 15.6. The number of anilines is 1. The highest BCUT2D eigenvalue weighted by Crippen LogP contribution is 2.26. The summed E-state index contributed by atoms with van der Waals surface area (Å²) in [7, 11) is 0. The smallest absolute Gasteiger partial charge is 0.255 e. The van der Waals surface area contributed by atoms with E-state index in [4.69, 9.17) is 4.74 Å². The minimum atomic E-state index is -0.113. The number of allylic oxidation sites excluding steroid dienone is 1. The first-order chi connectivity index (χ1) is 18.1. The van der Waals surface area contributed by atoms with Gasteiger partial charge in [-0.2, -0.15) is 0 Å². The molecule has 1 N–H and O–H groups in total. The highest BCUT2D eigenvalue weighted by molar-refractivity contribution is 8.03. The third-order valence-corrected chi connectivity index (χ3v) is 7.80. The molecule has 5 heteroatoms. The van der Waals surface area contributed by atoms with E-state index >= 15 is 0 Å². The maximum atomic E-state index is 12.8. The molecule has 1 amide bonds. The van der Waals surface area contributed by atoms with Crippen LogP contribution in [0.15, 0.2) is 59.6 Å². The lowest BCUT2D eigenvalue weighted by Gasteiger charge is -2.15. The third-order valence-electron chi connectivity index (χ3n) is 6.78. The van der Waals surface area contributed by atoms with Crippen LogP contribution < -0.4 is 10.1 Å². The minimum Gasteiger partial charge on any atom is -0.494 e. The molecule has 0 fully saturated rings. The molecule has 4 nitrogen and oxygen atoms in total. The number of thioether (sulfide) groups is 1. The Kier molecular flexibility index (Phi) is 13.5. The number of rotatable bonds is 18. The van der Waals surface area contributed by atoms with Crippen molar-refractivity contribution in [3.63, 3.8) is 0 Å². The average Bonchev–Trinajstić information content (AvgIpc) is 3.32. The topological polar surface area (TPSA) is 41.6 Å². The first kappa shape index (κ1) is 29.2. The van der Waals surface area contributed by atoms with Gasteiger partial charge in [0.05, 0.1) is 12.5 Å². The monoisotopic (exact) mass is 522 g/mol. The van der Waals surface area contributed by atoms with Crippen molar-refractivity contribution in [2.45, 2.75) is 97.4 Å². The van der Waals surface area contributed by atoms with Gasteiger partial charge in [-0.3, -0.25) is 4.79 Å². The number of unbranched alkanes of at least 4 members (excludes halogenated alkanes) is 11. The fraction of sp³-hybridized carbons (Fsp3) is 0.531. The zero-order chi connectivity index (χ0) is 26.1. The SMILES string of the molecule is CCCCCCCCCCCCCCOc1cccc(C(=O)Nc2ccc(CN3C=C(C)SC3)cc2)c1. The van der Waals surface area contributed by atoms with Crippen LogP contribution in [0.1, 0.15) is 107 Å². The lowest BCUT2D eigenvalue weighted by atomic mass is 10.1. The first-order valence-corrected chi connectivity index (χ1v) is 15.3. The van der Waals surface area contributed by atoms with E-state index in [0.717, 1.165) is 30.3 Å². The van der Waals surface area contributed by atoms with Gasteiger partial charge in [0.2, 0.25) is 0 Å². The summed E-state index contributed by atoms with van der Waals surface area (Å²) in [5, 5.41) is 3.01. The highest BCUT2D eigenvalue weighted by atomic mass is 32.2. The number of carbonyl (C=O) groups excluding carboxylic acids is 1. The summed E-state index contributed by atoms with van der Waals surface area (Å²) in [5.41, 5.74) is 2.66. The normalized spacial score (nSPS) is 13.0. The minimum absolute atomic E-state index is 0.113. The number of benzene rings is 2. The van der Waals surface area contributed by atoms with E-state index in [1.54, 1.807) is 0 Å². The second-order valence-electron chi connectivity index (χ2n) is 10.2. The Balaban J connectivity index is 1.28. The highest BCUT2D eigenvalue weighted by Gasteiger charge is 2.11. The number of hydrogen-bond acceptors (Lipinski definition) is 4. The Morgan fingerprint density at radius 3 is 2.16 bits per heavy atom. The summed E-state index contributed by atoms with van der Waals surface area (Å²) < 4.78 is 5.93. The van der Waals surface area contributed by atoms with E-state index in [-0.39, 0.29) is 5.91 Å². The van der Waals surface area contributed by atoms with Crippen LogP contribution in [-0.4, -0.2) is 23.3 Å². The number of hydrogen-bond donors (Lipinski definition) is 1. The van der Waals surface area contributed by atoms with Crippen molar-refractivity contribution >= 4 is 23.4 Å².